The fraction of sp³-hybridized carbons (Fsp3) is 0.600. The molecule has 0 unspecified atom stereocenters. The molecule has 0 radical (unpaired) electrons. The van der Waals surface area contributed by atoms with E-state index < -0.39 is 0 Å². The third-order valence-electron chi connectivity index (χ3n) is 3.09. The summed E-state index contributed by atoms with van der Waals surface area (Å²) >= 11 is 0. The number of methoxy groups -OCH3 is 2. The van der Waals surface area contributed by atoms with Gasteiger partial charge in [-0.05, 0) is 31.0 Å². The van der Waals surface area contributed by atoms with Gasteiger partial charge in [-0.25, -0.2) is 0 Å². The van der Waals surface area contributed by atoms with Crippen LogP contribution in [0.5, 0.6) is 0 Å². The maximum Gasteiger partial charge on any atom is 0.0637 e. The molecule has 0 bridgehead atoms. The molecular formula is C15H26N2O2. The molecule has 0 atom stereocenters. The summed E-state index contributed by atoms with van der Waals surface area (Å²) in [7, 11) is 3.47. The SMILES string of the molecule is COCCCN(CCOC)c1ccccc1CCN. The van der Waals surface area contributed by atoms with Crippen LogP contribution in [0, 0.1) is 0 Å². The lowest BCUT2D eigenvalue weighted by Gasteiger charge is -2.27. The number of para-hydroxylation sites is 1. The van der Waals surface area contributed by atoms with E-state index in [9.17, 15) is 0 Å². The maximum absolute atomic E-state index is 5.69. The molecule has 0 saturated carbocycles. The molecular weight excluding hydrogens is 240 g/mol. The maximum atomic E-state index is 5.69. The quantitative estimate of drug-likeness (QED) is 0.655. The molecule has 0 aliphatic heterocycles. The molecule has 108 valence electrons. The van der Waals surface area contributed by atoms with Gasteiger partial charge in [0.05, 0.1) is 6.61 Å². The van der Waals surface area contributed by atoms with Crippen molar-refractivity contribution in [2.45, 2.75) is 12.8 Å². The van der Waals surface area contributed by atoms with Crippen molar-refractivity contribution >= 4 is 5.69 Å². The predicted molar refractivity (Wildman–Crippen MR) is 79.8 cm³/mol. The lowest BCUT2D eigenvalue weighted by molar-refractivity contribution is 0.191. The third-order valence-corrected chi connectivity index (χ3v) is 3.09. The van der Waals surface area contributed by atoms with Gasteiger partial charge >= 0.3 is 0 Å². The summed E-state index contributed by atoms with van der Waals surface area (Å²) in [5.41, 5.74) is 8.26. The van der Waals surface area contributed by atoms with Gasteiger partial charge in [-0.15, -0.1) is 0 Å². The number of rotatable bonds is 10. The second kappa shape index (κ2) is 9.78. The van der Waals surface area contributed by atoms with Gasteiger partial charge in [-0.2, -0.15) is 0 Å². The normalized spacial score (nSPS) is 10.7. The van der Waals surface area contributed by atoms with E-state index in [-0.39, 0.29) is 0 Å². The van der Waals surface area contributed by atoms with E-state index in [1.54, 1.807) is 14.2 Å². The van der Waals surface area contributed by atoms with Crippen LogP contribution >= 0.6 is 0 Å². The molecule has 1 aromatic rings. The van der Waals surface area contributed by atoms with Crippen LogP contribution < -0.4 is 10.6 Å². The summed E-state index contributed by atoms with van der Waals surface area (Å²) in [6.07, 6.45) is 1.92. The Hall–Kier alpha value is -1.10. The van der Waals surface area contributed by atoms with Crippen molar-refractivity contribution < 1.29 is 9.47 Å². The van der Waals surface area contributed by atoms with Crippen molar-refractivity contribution in [3.05, 3.63) is 29.8 Å². The average molecular weight is 266 g/mol. The van der Waals surface area contributed by atoms with Crippen LogP contribution in [0.2, 0.25) is 0 Å². The third kappa shape index (κ3) is 5.59. The summed E-state index contributed by atoms with van der Waals surface area (Å²) in [5, 5.41) is 0. The highest BCUT2D eigenvalue weighted by molar-refractivity contribution is 5.53. The Morgan fingerprint density at radius 1 is 1.05 bits per heavy atom. The topological polar surface area (TPSA) is 47.7 Å². The zero-order valence-electron chi connectivity index (χ0n) is 12.1. The molecule has 0 heterocycles. The zero-order valence-corrected chi connectivity index (χ0v) is 12.1. The number of ether oxygens (including phenoxy) is 2. The monoisotopic (exact) mass is 266 g/mol. The first-order chi connectivity index (χ1) is 9.33. The number of nitrogens with two attached hydrogens (primary N) is 1. The first-order valence-corrected chi connectivity index (χ1v) is 6.84. The van der Waals surface area contributed by atoms with Gasteiger partial charge < -0.3 is 20.1 Å². The standard InChI is InChI=1S/C15H26N2O2/c1-18-12-5-10-17(11-13-19-2)15-7-4-3-6-14(15)8-9-16/h3-4,6-7H,5,8-13,16H2,1-2H3. The van der Waals surface area contributed by atoms with Crippen LogP contribution in [0.3, 0.4) is 0 Å². The van der Waals surface area contributed by atoms with Crippen LogP contribution in [-0.4, -0.2) is 47.1 Å². The Balaban J connectivity index is 2.76. The highest BCUT2D eigenvalue weighted by Crippen LogP contribution is 2.20. The van der Waals surface area contributed by atoms with Gasteiger partial charge in [0.1, 0.15) is 0 Å². The molecule has 0 aliphatic rings. The Bertz CT molecular complexity index is 345. The molecule has 0 fully saturated rings. The summed E-state index contributed by atoms with van der Waals surface area (Å²) in [5.74, 6) is 0. The molecule has 1 aromatic carbocycles. The minimum absolute atomic E-state index is 0.674. The van der Waals surface area contributed by atoms with Crippen molar-refractivity contribution in [3.63, 3.8) is 0 Å². The summed E-state index contributed by atoms with van der Waals surface area (Å²) in [6.45, 7) is 4.04. The molecule has 0 amide bonds. The Labute approximate surface area is 116 Å². The molecule has 0 aliphatic carbocycles. The molecule has 4 nitrogen and oxygen atoms in total. The molecule has 2 N–H and O–H groups in total. The van der Waals surface area contributed by atoms with Crippen LogP contribution in [-0.2, 0) is 15.9 Å². The largest absolute Gasteiger partial charge is 0.385 e. The number of hydrogen-bond donors (Lipinski definition) is 1. The number of anilines is 1. The van der Waals surface area contributed by atoms with E-state index >= 15 is 0 Å². The zero-order chi connectivity index (χ0) is 13.9. The second-order valence-corrected chi connectivity index (χ2v) is 4.49. The van der Waals surface area contributed by atoms with Crippen molar-refractivity contribution in [3.8, 4) is 0 Å². The average Bonchev–Trinajstić information content (AvgIpc) is 2.44. The molecule has 0 saturated heterocycles. The minimum Gasteiger partial charge on any atom is -0.385 e. The van der Waals surface area contributed by atoms with Crippen LogP contribution in [0.4, 0.5) is 5.69 Å². The van der Waals surface area contributed by atoms with E-state index in [1.165, 1.54) is 11.3 Å². The Morgan fingerprint density at radius 3 is 2.47 bits per heavy atom. The summed E-state index contributed by atoms with van der Waals surface area (Å²) in [4.78, 5) is 2.35. The van der Waals surface area contributed by atoms with E-state index in [2.05, 4.69) is 29.2 Å². The molecule has 4 heteroatoms. The molecule has 1 rings (SSSR count). The molecule has 0 aromatic heterocycles. The lowest BCUT2D eigenvalue weighted by Crippen LogP contribution is -2.30. The van der Waals surface area contributed by atoms with Crippen molar-refractivity contribution in [2.75, 3.05) is 52.0 Å². The van der Waals surface area contributed by atoms with Gasteiger partial charge in [-0.3, -0.25) is 0 Å². The van der Waals surface area contributed by atoms with E-state index in [1.807, 2.05) is 0 Å². The number of hydrogen-bond acceptors (Lipinski definition) is 4. The van der Waals surface area contributed by atoms with Crippen LogP contribution in [0.1, 0.15) is 12.0 Å². The first-order valence-electron chi connectivity index (χ1n) is 6.84. The van der Waals surface area contributed by atoms with Gasteiger partial charge in [0.2, 0.25) is 0 Å². The van der Waals surface area contributed by atoms with Crippen molar-refractivity contribution in [1.82, 2.24) is 0 Å². The van der Waals surface area contributed by atoms with E-state index in [0.717, 1.165) is 39.1 Å². The molecule has 19 heavy (non-hydrogen) atoms. The lowest BCUT2D eigenvalue weighted by atomic mass is 10.1. The van der Waals surface area contributed by atoms with Gasteiger partial charge in [-0.1, -0.05) is 18.2 Å². The minimum atomic E-state index is 0.674. The second-order valence-electron chi connectivity index (χ2n) is 4.49. The van der Waals surface area contributed by atoms with Crippen molar-refractivity contribution in [2.24, 2.45) is 5.73 Å². The molecule has 0 spiro atoms. The predicted octanol–water partition coefficient (Wildman–Crippen LogP) is 1.68. The Morgan fingerprint density at radius 2 is 1.79 bits per heavy atom. The van der Waals surface area contributed by atoms with Gasteiger partial charge in [0.15, 0.2) is 0 Å². The Kier molecular flexibility index (Phi) is 8.21. The summed E-state index contributed by atoms with van der Waals surface area (Å²) in [6, 6.07) is 8.45. The number of nitrogens with zero attached hydrogens (tertiary/aromatic N) is 1. The highest BCUT2D eigenvalue weighted by Gasteiger charge is 2.10. The van der Waals surface area contributed by atoms with E-state index in [0.29, 0.717) is 6.54 Å². The fourth-order valence-corrected chi connectivity index (χ4v) is 2.14. The number of benzene rings is 1. The van der Waals surface area contributed by atoms with E-state index in [4.69, 9.17) is 15.2 Å². The fourth-order valence-electron chi connectivity index (χ4n) is 2.14. The smallest absolute Gasteiger partial charge is 0.0637 e. The van der Waals surface area contributed by atoms with Crippen LogP contribution in [0.25, 0.3) is 0 Å². The summed E-state index contributed by atoms with van der Waals surface area (Å²) < 4.78 is 10.3. The highest BCUT2D eigenvalue weighted by atomic mass is 16.5. The van der Waals surface area contributed by atoms with Gasteiger partial charge in [0.25, 0.3) is 0 Å². The van der Waals surface area contributed by atoms with Gasteiger partial charge in [0, 0.05) is 39.6 Å². The van der Waals surface area contributed by atoms with Crippen LogP contribution in [0.15, 0.2) is 24.3 Å². The first kappa shape index (κ1) is 16.0. The van der Waals surface area contributed by atoms with Crippen molar-refractivity contribution in [1.29, 1.82) is 0 Å².